The standard InChI is InChI=1S/C18H23N3S/c1-14-8-7-11-16(12-14)19-18(22)20-17(13-21(2)3)15-9-5-4-6-10-15/h4-12,17H,13H2,1-3H3,(H2,19,20,22)/p+1/t17-/m0/s1. The van der Waals surface area contributed by atoms with Crippen LogP contribution in [0.2, 0.25) is 0 Å². The molecular weight excluding hydrogens is 290 g/mol. The van der Waals surface area contributed by atoms with Gasteiger partial charge >= 0.3 is 0 Å². The lowest BCUT2D eigenvalue weighted by Gasteiger charge is -2.22. The van der Waals surface area contributed by atoms with Gasteiger partial charge in [-0.3, -0.25) is 0 Å². The highest BCUT2D eigenvalue weighted by Gasteiger charge is 2.15. The average Bonchev–Trinajstić information content (AvgIpc) is 2.47. The molecule has 3 N–H and O–H groups in total. The third-order valence-electron chi connectivity index (χ3n) is 3.40. The van der Waals surface area contributed by atoms with E-state index in [9.17, 15) is 0 Å². The van der Waals surface area contributed by atoms with Gasteiger partial charge in [0.05, 0.1) is 14.1 Å². The van der Waals surface area contributed by atoms with Crippen molar-refractivity contribution in [2.45, 2.75) is 13.0 Å². The molecule has 0 spiro atoms. The first kappa shape index (κ1) is 16.5. The molecule has 0 bridgehead atoms. The van der Waals surface area contributed by atoms with Gasteiger partial charge in [-0.2, -0.15) is 0 Å². The summed E-state index contributed by atoms with van der Waals surface area (Å²) in [6, 6.07) is 18.8. The molecule has 0 radical (unpaired) electrons. The van der Waals surface area contributed by atoms with Crippen LogP contribution in [0, 0.1) is 6.92 Å². The van der Waals surface area contributed by atoms with Crippen molar-refractivity contribution in [3.8, 4) is 0 Å². The van der Waals surface area contributed by atoms with Crippen LogP contribution in [0.15, 0.2) is 54.6 Å². The highest BCUT2D eigenvalue weighted by molar-refractivity contribution is 7.80. The monoisotopic (exact) mass is 314 g/mol. The van der Waals surface area contributed by atoms with Crippen LogP contribution < -0.4 is 15.5 Å². The van der Waals surface area contributed by atoms with E-state index in [0.29, 0.717) is 5.11 Å². The summed E-state index contributed by atoms with van der Waals surface area (Å²) in [6.45, 7) is 3.03. The van der Waals surface area contributed by atoms with Gasteiger partial charge in [-0.05, 0) is 42.4 Å². The van der Waals surface area contributed by atoms with Gasteiger partial charge in [0.2, 0.25) is 0 Å². The minimum Gasteiger partial charge on any atom is -0.350 e. The fourth-order valence-electron chi connectivity index (χ4n) is 2.39. The molecule has 2 rings (SSSR count). The molecule has 1 atom stereocenters. The molecule has 2 aromatic rings. The van der Waals surface area contributed by atoms with E-state index < -0.39 is 0 Å². The molecule has 0 saturated carbocycles. The second kappa shape index (κ2) is 7.92. The van der Waals surface area contributed by atoms with Crippen molar-refractivity contribution in [1.29, 1.82) is 0 Å². The number of nitrogens with one attached hydrogen (secondary N) is 3. The van der Waals surface area contributed by atoms with Crippen LogP contribution >= 0.6 is 12.2 Å². The summed E-state index contributed by atoms with van der Waals surface area (Å²) < 4.78 is 0. The van der Waals surface area contributed by atoms with E-state index in [1.807, 2.05) is 18.2 Å². The van der Waals surface area contributed by atoms with Crippen LogP contribution in [-0.4, -0.2) is 25.8 Å². The molecule has 0 heterocycles. The Morgan fingerprint density at radius 1 is 1.09 bits per heavy atom. The summed E-state index contributed by atoms with van der Waals surface area (Å²) in [5, 5.41) is 7.35. The minimum absolute atomic E-state index is 0.191. The van der Waals surface area contributed by atoms with Gasteiger partial charge in [0.15, 0.2) is 5.11 Å². The molecule has 0 unspecified atom stereocenters. The van der Waals surface area contributed by atoms with Gasteiger partial charge in [-0.1, -0.05) is 42.5 Å². The number of aryl methyl sites for hydroxylation is 1. The van der Waals surface area contributed by atoms with Gasteiger partial charge in [0.25, 0.3) is 0 Å². The highest BCUT2D eigenvalue weighted by Crippen LogP contribution is 2.13. The zero-order chi connectivity index (χ0) is 15.9. The third-order valence-corrected chi connectivity index (χ3v) is 3.62. The van der Waals surface area contributed by atoms with Crippen molar-refractivity contribution in [3.05, 3.63) is 65.7 Å². The normalized spacial score (nSPS) is 12.0. The van der Waals surface area contributed by atoms with Crippen molar-refractivity contribution in [3.63, 3.8) is 0 Å². The Morgan fingerprint density at radius 3 is 2.45 bits per heavy atom. The van der Waals surface area contributed by atoms with Crippen LogP contribution in [0.5, 0.6) is 0 Å². The zero-order valence-corrected chi connectivity index (χ0v) is 14.2. The van der Waals surface area contributed by atoms with E-state index in [1.165, 1.54) is 16.0 Å². The number of quaternary nitrogens is 1. The molecule has 4 heteroatoms. The van der Waals surface area contributed by atoms with Gasteiger partial charge in [-0.25, -0.2) is 0 Å². The maximum atomic E-state index is 5.48. The predicted molar refractivity (Wildman–Crippen MR) is 97.4 cm³/mol. The lowest BCUT2D eigenvalue weighted by molar-refractivity contribution is -0.860. The van der Waals surface area contributed by atoms with E-state index >= 15 is 0 Å². The van der Waals surface area contributed by atoms with Crippen molar-refractivity contribution in [2.75, 3.05) is 26.0 Å². The summed E-state index contributed by atoms with van der Waals surface area (Å²) in [4.78, 5) is 1.37. The Morgan fingerprint density at radius 2 is 1.82 bits per heavy atom. The van der Waals surface area contributed by atoms with Crippen molar-refractivity contribution >= 4 is 23.0 Å². The quantitative estimate of drug-likeness (QED) is 0.739. The van der Waals surface area contributed by atoms with E-state index in [0.717, 1.165) is 12.2 Å². The van der Waals surface area contributed by atoms with Crippen LogP contribution in [0.25, 0.3) is 0 Å². The molecule has 0 amide bonds. The van der Waals surface area contributed by atoms with Crippen LogP contribution in [0.1, 0.15) is 17.2 Å². The lowest BCUT2D eigenvalue weighted by Crippen LogP contribution is -3.06. The molecule has 0 aliphatic rings. The smallest absolute Gasteiger partial charge is 0.171 e. The molecule has 0 aliphatic carbocycles. The maximum Gasteiger partial charge on any atom is 0.171 e. The zero-order valence-electron chi connectivity index (χ0n) is 13.4. The summed E-state index contributed by atoms with van der Waals surface area (Å²) in [5.74, 6) is 0. The molecule has 22 heavy (non-hydrogen) atoms. The summed E-state index contributed by atoms with van der Waals surface area (Å²) in [5.41, 5.74) is 3.48. The summed E-state index contributed by atoms with van der Waals surface area (Å²) in [7, 11) is 4.29. The largest absolute Gasteiger partial charge is 0.350 e. The fourth-order valence-corrected chi connectivity index (χ4v) is 2.65. The Kier molecular flexibility index (Phi) is 5.92. The predicted octanol–water partition coefficient (Wildman–Crippen LogP) is 2.17. The van der Waals surface area contributed by atoms with Crippen LogP contribution in [0.4, 0.5) is 5.69 Å². The molecule has 2 aromatic carbocycles. The number of anilines is 1. The number of rotatable bonds is 5. The Labute approximate surface area is 138 Å². The Hall–Kier alpha value is -1.91. The summed E-state index contributed by atoms with van der Waals surface area (Å²) >= 11 is 5.48. The van der Waals surface area contributed by atoms with Gasteiger partial charge in [0, 0.05) is 5.69 Å². The van der Waals surface area contributed by atoms with Crippen molar-refractivity contribution in [1.82, 2.24) is 5.32 Å². The van der Waals surface area contributed by atoms with E-state index in [1.54, 1.807) is 0 Å². The number of hydrogen-bond acceptors (Lipinski definition) is 1. The van der Waals surface area contributed by atoms with Crippen molar-refractivity contribution < 1.29 is 4.90 Å². The van der Waals surface area contributed by atoms with E-state index in [4.69, 9.17) is 12.2 Å². The Balaban J connectivity index is 2.05. The molecule has 0 aromatic heterocycles. The number of benzene rings is 2. The lowest BCUT2D eigenvalue weighted by atomic mass is 10.1. The minimum atomic E-state index is 0.191. The second-order valence-electron chi connectivity index (χ2n) is 5.84. The van der Waals surface area contributed by atoms with Crippen LogP contribution in [0.3, 0.4) is 0 Å². The third kappa shape index (κ3) is 5.13. The fraction of sp³-hybridized carbons (Fsp3) is 0.278. The molecule has 0 fully saturated rings. The summed E-state index contributed by atoms with van der Waals surface area (Å²) in [6.07, 6.45) is 0. The first-order chi connectivity index (χ1) is 10.5. The molecule has 116 valence electrons. The van der Waals surface area contributed by atoms with E-state index in [-0.39, 0.29) is 6.04 Å². The molecule has 0 saturated heterocycles. The second-order valence-corrected chi connectivity index (χ2v) is 6.25. The highest BCUT2D eigenvalue weighted by atomic mass is 32.1. The molecule has 3 nitrogen and oxygen atoms in total. The van der Waals surface area contributed by atoms with Gasteiger partial charge in [-0.15, -0.1) is 0 Å². The SMILES string of the molecule is Cc1cccc(NC(=S)N[C@@H](C[NH+](C)C)c2ccccc2)c1. The van der Waals surface area contributed by atoms with Crippen molar-refractivity contribution in [2.24, 2.45) is 0 Å². The molecule has 0 aliphatic heterocycles. The Bertz CT molecular complexity index is 611. The van der Waals surface area contributed by atoms with Crippen LogP contribution in [-0.2, 0) is 0 Å². The van der Waals surface area contributed by atoms with Gasteiger partial charge in [0.1, 0.15) is 12.6 Å². The number of likely N-dealkylation sites (N-methyl/N-ethyl adjacent to an activating group) is 1. The number of thiocarbonyl (C=S) groups is 1. The first-order valence-corrected chi connectivity index (χ1v) is 7.93. The average molecular weight is 314 g/mol. The molecular formula is C18H24N3S+. The maximum absolute atomic E-state index is 5.48. The van der Waals surface area contributed by atoms with Gasteiger partial charge < -0.3 is 15.5 Å². The number of hydrogen-bond donors (Lipinski definition) is 3. The van der Waals surface area contributed by atoms with E-state index in [2.05, 4.69) is 68.1 Å². The first-order valence-electron chi connectivity index (χ1n) is 7.53. The topological polar surface area (TPSA) is 28.5 Å².